The van der Waals surface area contributed by atoms with Crippen molar-refractivity contribution < 1.29 is 18.3 Å². The van der Waals surface area contributed by atoms with Crippen LogP contribution < -0.4 is 5.32 Å². The van der Waals surface area contributed by atoms with Crippen LogP contribution in [0.25, 0.3) is 11.0 Å². The van der Waals surface area contributed by atoms with Gasteiger partial charge in [-0.3, -0.25) is 9.69 Å². The highest BCUT2D eigenvalue weighted by Crippen LogP contribution is 2.26. The summed E-state index contributed by atoms with van der Waals surface area (Å²) in [5, 5.41) is 3.06. The maximum absolute atomic E-state index is 13.9. The molecule has 6 nitrogen and oxygen atoms in total. The van der Waals surface area contributed by atoms with Gasteiger partial charge in [-0.2, -0.15) is 0 Å². The number of nitrogens with one attached hydrogen (secondary N) is 1. The largest absolute Gasteiger partial charge is 0.373 e. The Morgan fingerprint density at radius 3 is 2.44 bits per heavy atom. The average Bonchev–Trinajstić information content (AvgIpc) is 3.14. The van der Waals surface area contributed by atoms with E-state index in [1.54, 1.807) is 4.57 Å². The normalized spacial score (nSPS) is 20.1. The van der Waals surface area contributed by atoms with Crippen LogP contribution in [0.1, 0.15) is 44.9 Å². The third-order valence-corrected chi connectivity index (χ3v) is 6.28. The van der Waals surface area contributed by atoms with E-state index in [2.05, 4.69) is 35.1 Å². The van der Waals surface area contributed by atoms with Crippen molar-refractivity contribution in [1.29, 1.82) is 0 Å². The summed E-state index contributed by atoms with van der Waals surface area (Å²) in [4.78, 5) is 19.8. The first-order valence-electron chi connectivity index (χ1n) is 11.8. The third kappa shape index (κ3) is 5.28. The molecular formula is C26H32F2N4O2. The van der Waals surface area contributed by atoms with Gasteiger partial charge in [0.25, 0.3) is 0 Å². The molecule has 1 N–H and O–H groups in total. The number of nitrogens with zero attached hydrogens (tertiary/aromatic N) is 3. The van der Waals surface area contributed by atoms with E-state index >= 15 is 0 Å². The molecule has 1 amide bonds. The van der Waals surface area contributed by atoms with Gasteiger partial charge in [-0.25, -0.2) is 13.8 Å². The van der Waals surface area contributed by atoms with Crippen molar-refractivity contribution in [3.8, 4) is 0 Å². The maximum Gasteiger partial charge on any atom is 0.243 e. The molecule has 1 fully saturated rings. The molecule has 0 saturated carbocycles. The van der Waals surface area contributed by atoms with Crippen LogP contribution in [0.3, 0.4) is 0 Å². The summed E-state index contributed by atoms with van der Waals surface area (Å²) in [6.07, 6.45) is 1.85. The molecule has 4 rings (SSSR count). The minimum absolute atomic E-state index is 0.0860. The molecule has 0 aliphatic carbocycles. The van der Waals surface area contributed by atoms with Gasteiger partial charge < -0.3 is 14.6 Å². The molecule has 1 aromatic heterocycles. The van der Waals surface area contributed by atoms with Crippen LogP contribution in [0.2, 0.25) is 0 Å². The van der Waals surface area contributed by atoms with Crippen molar-refractivity contribution in [2.45, 2.75) is 59.0 Å². The minimum atomic E-state index is -0.960. The first-order chi connectivity index (χ1) is 16.2. The first-order valence-corrected chi connectivity index (χ1v) is 11.8. The second-order valence-corrected chi connectivity index (χ2v) is 9.53. The van der Waals surface area contributed by atoms with Crippen molar-refractivity contribution in [3.63, 3.8) is 0 Å². The summed E-state index contributed by atoms with van der Waals surface area (Å²) in [6.45, 7) is 10.9. The molecule has 0 spiro atoms. The van der Waals surface area contributed by atoms with E-state index in [-0.39, 0.29) is 24.0 Å². The van der Waals surface area contributed by atoms with E-state index < -0.39 is 17.7 Å². The molecule has 3 atom stereocenters. The summed E-state index contributed by atoms with van der Waals surface area (Å²) in [5.74, 6) is -2.19. The molecule has 1 saturated heterocycles. The van der Waals surface area contributed by atoms with Gasteiger partial charge in [0.2, 0.25) is 5.91 Å². The predicted octanol–water partition coefficient (Wildman–Crippen LogP) is 4.44. The van der Waals surface area contributed by atoms with Gasteiger partial charge in [-0.1, -0.05) is 38.1 Å². The number of fused-ring (bicyclic) bond motifs is 1. The molecule has 34 heavy (non-hydrogen) atoms. The van der Waals surface area contributed by atoms with Crippen LogP contribution in [0.15, 0.2) is 42.7 Å². The van der Waals surface area contributed by atoms with Crippen molar-refractivity contribution in [2.75, 3.05) is 13.1 Å². The molecule has 1 aliphatic heterocycles. The summed E-state index contributed by atoms with van der Waals surface area (Å²) < 4.78 is 35.0. The number of amides is 1. The Kier molecular flexibility index (Phi) is 7.28. The highest BCUT2D eigenvalue weighted by molar-refractivity contribution is 5.84. The maximum atomic E-state index is 13.9. The summed E-state index contributed by atoms with van der Waals surface area (Å²) in [7, 11) is 0. The van der Waals surface area contributed by atoms with E-state index in [0.717, 1.165) is 42.9 Å². The summed E-state index contributed by atoms with van der Waals surface area (Å²) in [5.41, 5.74) is 2.92. The average molecular weight is 471 g/mol. The van der Waals surface area contributed by atoms with Crippen LogP contribution in [-0.4, -0.2) is 45.7 Å². The smallest absolute Gasteiger partial charge is 0.243 e. The Morgan fingerprint density at radius 1 is 1.12 bits per heavy atom. The fraction of sp³-hybridized carbons (Fsp3) is 0.462. The van der Waals surface area contributed by atoms with Crippen molar-refractivity contribution >= 4 is 16.9 Å². The van der Waals surface area contributed by atoms with Gasteiger partial charge >= 0.3 is 0 Å². The van der Waals surface area contributed by atoms with Gasteiger partial charge in [0.05, 0.1) is 29.6 Å². The number of hydrogen-bond acceptors (Lipinski definition) is 4. The molecule has 2 heterocycles. The molecule has 3 unspecified atom stereocenters. The molecule has 182 valence electrons. The van der Waals surface area contributed by atoms with Crippen LogP contribution in [0.4, 0.5) is 8.78 Å². The lowest BCUT2D eigenvalue weighted by molar-refractivity contribution is -0.125. The molecular weight excluding hydrogens is 438 g/mol. The van der Waals surface area contributed by atoms with Crippen LogP contribution in [-0.2, 0) is 22.6 Å². The number of morpholine rings is 1. The fourth-order valence-electron chi connectivity index (χ4n) is 4.82. The Balaban J connectivity index is 1.50. The van der Waals surface area contributed by atoms with Gasteiger partial charge in [0.15, 0.2) is 11.6 Å². The standard InChI is InChI=1S/C26H32F2N4O2/c1-16(2)25(32-15-30-23-9-21(27)22(28)10-24(23)32)26(33)29-11-19-7-5-6-8-20(19)14-31-12-17(3)34-18(4)13-31/h5-10,15-18,25H,11-14H2,1-4H3,(H,29,33). The molecule has 1 aliphatic rings. The number of ether oxygens (including phenoxy) is 1. The second-order valence-electron chi connectivity index (χ2n) is 9.53. The van der Waals surface area contributed by atoms with Gasteiger partial charge in [-0.05, 0) is 30.9 Å². The highest BCUT2D eigenvalue weighted by Gasteiger charge is 2.27. The summed E-state index contributed by atoms with van der Waals surface area (Å²) >= 11 is 0. The fourth-order valence-corrected chi connectivity index (χ4v) is 4.82. The molecule has 0 radical (unpaired) electrons. The number of hydrogen-bond donors (Lipinski definition) is 1. The Bertz CT molecular complexity index is 1150. The number of carbonyl (C=O) groups excluding carboxylic acids is 1. The molecule has 2 aromatic carbocycles. The van der Waals surface area contributed by atoms with Crippen molar-refractivity contribution in [3.05, 3.63) is 65.5 Å². The SMILES string of the molecule is CC1CN(Cc2ccccc2CNC(=O)C(C(C)C)n2cnc3cc(F)c(F)cc32)CC(C)O1. The monoisotopic (exact) mass is 470 g/mol. The van der Waals surface area contributed by atoms with E-state index in [0.29, 0.717) is 17.6 Å². The molecule has 0 bridgehead atoms. The predicted molar refractivity (Wildman–Crippen MR) is 127 cm³/mol. The summed E-state index contributed by atoms with van der Waals surface area (Å²) in [6, 6.07) is 9.64. The van der Waals surface area contributed by atoms with Gasteiger partial charge in [-0.15, -0.1) is 0 Å². The van der Waals surface area contributed by atoms with E-state index in [4.69, 9.17) is 4.74 Å². The van der Waals surface area contributed by atoms with E-state index in [1.807, 2.05) is 32.0 Å². The van der Waals surface area contributed by atoms with Crippen LogP contribution in [0, 0.1) is 17.6 Å². The lowest BCUT2D eigenvalue weighted by Crippen LogP contribution is -2.45. The first kappa shape index (κ1) is 24.3. The van der Waals surface area contributed by atoms with Crippen LogP contribution >= 0.6 is 0 Å². The minimum Gasteiger partial charge on any atom is -0.373 e. The van der Waals surface area contributed by atoms with Crippen LogP contribution in [0.5, 0.6) is 0 Å². The Morgan fingerprint density at radius 2 is 1.76 bits per heavy atom. The van der Waals surface area contributed by atoms with Gasteiger partial charge in [0, 0.05) is 38.3 Å². The lowest BCUT2D eigenvalue weighted by Gasteiger charge is -2.35. The van der Waals surface area contributed by atoms with Gasteiger partial charge in [0.1, 0.15) is 6.04 Å². The number of aromatic nitrogens is 2. The number of halogens is 2. The third-order valence-electron chi connectivity index (χ3n) is 6.28. The van der Waals surface area contributed by atoms with E-state index in [1.165, 1.54) is 6.33 Å². The Hall–Kier alpha value is -2.84. The highest BCUT2D eigenvalue weighted by atomic mass is 19.2. The number of carbonyl (C=O) groups is 1. The number of imidazole rings is 1. The zero-order valence-corrected chi connectivity index (χ0v) is 20.1. The quantitative estimate of drug-likeness (QED) is 0.555. The number of rotatable bonds is 7. The van der Waals surface area contributed by atoms with E-state index in [9.17, 15) is 13.6 Å². The lowest BCUT2D eigenvalue weighted by atomic mass is 10.0. The topological polar surface area (TPSA) is 59.4 Å². The Labute approximate surface area is 198 Å². The molecule has 8 heteroatoms. The number of benzene rings is 2. The van der Waals surface area contributed by atoms with Crippen molar-refractivity contribution in [1.82, 2.24) is 19.8 Å². The second kappa shape index (κ2) is 10.2. The zero-order chi connectivity index (χ0) is 24.4. The van der Waals surface area contributed by atoms with Crippen molar-refractivity contribution in [2.24, 2.45) is 5.92 Å². The zero-order valence-electron chi connectivity index (χ0n) is 20.1. The molecule has 3 aromatic rings.